The molecule has 0 radical (unpaired) electrons. The Hall–Kier alpha value is -2.54. The topological polar surface area (TPSA) is 85.3 Å². The predicted octanol–water partition coefficient (Wildman–Crippen LogP) is 4.46. The molecule has 2 heterocycles. The van der Waals surface area contributed by atoms with Crippen LogP contribution in [0.4, 0.5) is 0 Å². The van der Waals surface area contributed by atoms with Gasteiger partial charge in [0.1, 0.15) is 23.7 Å². The molecule has 0 aliphatic carbocycles. The quantitative estimate of drug-likeness (QED) is 0.314. The minimum Gasteiger partial charge on any atom is -0.507 e. The lowest BCUT2D eigenvalue weighted by Gasteiger charge is -2.19. The van der Waals surface area contributed by atoms with Gasteiger partial charge in [-0.15, -0.1) is 0 Å². The number of hydrogen-bond acceptors (Lipinski definition) is 7. The van der Waals surface area contributed by atoms with Crippen molar-refractivity contribution in [3.63, 3.8) is 0 Å². The molecule has 2 aliphatic heterocycles. The van der Waals surface area contributed by atoms with Crippen molar-refractivity contribution >= 4 is 11.9 Å². The maximum atomic E-state index is 12.1. The van der Waals surface area contributed by atoms with Crippen LogP contribution in [0, 0.1) is 6.92 Å². The van der Waals surface area contributed by atoms with E-state index in [1.54, 1.807) is 7.11 Å². The SMILES string of the molecule is COc1c(C)c2c(c(O)c1C/C=C(\C)CCC(=O)OCCCN1CCCCCC1)C(=O)OC2. The van der Waals surface area contributed by atoms with E-state index >= 15 is 0 Å². The molecule has 7 heteroatoms. The van der Waals surface area contributed by atoms with Crippen LogP contribution < -0.4 is 4.74 Å². The van der Waals surface area contributed by atoms with Crippen LogP contribution >= 0.6 is 0 Å². The fourth-order valence-electron chi connectivity index (χ4n) is 4.61. The fourth-order valence-corrected chi connectivity index (χ4v) is 4.61. The number of aromatic hydroxyl groups is 1. The Kier molecular flexibility index (Phi) is 9.18. The molecule has 33 heavy (non-hydrogen) atoms. The highest BCUT2D eigenvalue weighted by Gasteiger charge is 2.31. The number of ether oxygens (including phenoxy) is 3. The van der Waals surface area contributed by atoms with E-state index in [9.17, 15) is 14.7 Å². The maximum Gasteiger partial charge on any atom is 0.342 e. The van der Waals surface area contributed by atoms with E-state index in [1.807, 2.05) is 19.9 Å². The van der Waals surface area contributed by atoms with E-state index in [0.29, 0.717) is 42.7 Å². The van der Waals surface area contributed by atoms with Gasteiger partial charge in [-0.05, 0) is 64.6 Å². The number of nitrogens with zero attached hydrogens (tertiary/aromatic N) is 1. The van der Waals surface area contributed by atoms with Crippen LogP contribution in [0.1, 0.15) is 78.9 Å². The second-order valence-electron chi connectivity index (χ2n) is 9.00. The van der Waals surface area contributed by atoms with Gasteiger partial charge >= 0.3 is 11.9 Å². The molecule has 0 saturated carbocycles. The van der Waals surface area contributed by atoms with Crippen molar-refractivity contribution in [2.75, 3.05) is 33.4 Å². The monoisotopic (exact) mass is 459 g/mol. The number of cyclic esters (lactones) is 1. The van der Waals surface area contributed by atoms with E-state index in [1.165, 1.54) is 25.7 Å². The summed E-state index contributed by atoms with van der Waals surface area (Å²) >= 11 is 0. The highest BCUT2D eigenvalue weighted by Crippen LogP contribution is 2.42. The van der Waals surface area contributed by atoms with Gasteiger partial charge in [-0.1, -0.05) is 24.5 Å². The molecule has 1 saturated heterocycles. The van der Waals surface area contributed by atoms with Gasteiger partial charge < -0.3 is 24.2 Å². The molecule has 1 fully saturated rings. The number of methoxy groups -OCH3 is 1. The van der Waals surface area contributed by atoms with Crippen molar-refractivity contribution in [3.8, 4) is 11.5 Å². The van der Waals surface area contributed by atoms with Crippen LogP contribution in [0.15, 0.2) is 11.6 Å². The number of phenols is 1. The second kappa shape index (κ2) is 12.1. The molecule has 0 aromatic heterocycles. The molecular weight excluding hydrogens is 422 g/mol. The lowest BCUT2D eigenvalue weighted by molar-refractivity contribution is -0.143. The molecule has 2 aliphatic rings. The van der Waals surface area contributed by atoms with Crippen LogP contribution in [-0.2, 0) is 27.3 Å². The van der Waals surface area contributed by atoms with E-state index in [0.717, 1.165) is 37.2 Å². The largest absolute Gasteiger partial charge is 0.507 e. The van der Waals surface area contributed by atoms with Gasteiger partial charge in [0.25, 0.3) is 0 Å². The number of phenolic OH excluding ortho intramolecular Hbond substituents is 1. The average Bonchev–Trinajstić information content (AvgIpc) is 3.01. The van der Waals surface area contributed by atoms with Gasteiger partial charge in [0.05, 0.1) is 13.7 Å². The molecule has 1 aromatic carbocycles. The smallest absolute Gasteiger partial charge is 0.342 e. The number of esters is 2. The molecule has 0 amide bonds. The highest BCUT2D eigenvalue weighted by molar-refractivity contribution is 5.98. The maximum absolute atomic E-state index is 12.1. The second-order valence-corrected chi connectivity index (χ2v) is 9.00. The molecule has 0 spiro atoms. The lowest BCUT2D eigenvalue weighted by Crippen LogP contribution is -2.26. The molecule has 182 valence electrons. The number of benzene rings is 1. The molecule has 0 unspecified atom stereocenters. The number of fused-ring (bicyclic) bond motifs is 1. The summed E-state index contributed by atoms with van der Waals surface area (Å²) in [6.45, 7) is 7.73. The summed E-state index contributed by atoms with van der Waals surface area (Å²) < 4.78 is 16.0. The molecule has 0 atom stereocenters. The number of carbonyl (C=O) groups is 2. The Morgan fingerprint density at radius 1 is 1.18 bits per heavy atom. The first-order valence-electron chi connectivity index (χ1n) is 12.0. The third-order valence-corrected chi connectivity index (χ3v) is 6.61. The van der Waals surface area contributed by atoms with Gasteiger partial charge in [0.15, 0.2) is 0 Å². The van der Waals surface area contributed by atoms with Gasteiger partial charge in [-0.25, -0.2) is 4.79 Å². The summed E-state index contributed by atoms with van der Waals surface area (Å²) in [5, 5.41) is 10.7. The van der Waals surface area contributed by atoms with Crippen molar-refractivity contribution in [1.82, 2.24) is 4.90 Å². The Morgan fingerprint density at radius 2 is 1.91 bits per heavy atom. The number of allylic oxidation sites excluding steroid dienone is 2. The summed E-state index contributed by atoms with van der Waals surface area (Å²) in [5.41, 5.74) is 3.29. The molecule has 3 rings (SSSR count). The summed E-state index contributed by atoms with van der Waals surface area (Å²) in [4.78, 5) is 26.6. The zero-order chi connectivity index (χ0) is 23.8. The Balaban J connectivity index is 1.47. The van der Waals surface area contributed by atoms with E-state index < -0.39 is 5.97 Å². The Morgan fingerprint density at radius 3 is 2.61 bits per heavy atom. The van der Waals surface area contributed by atoms with Gasteiger partial charge in [-0.3, -0.25) is 4.79 Å². The normalized spacial score (nSPS) is 16.8. The molecule has 1 N–H and O–H groups in total. The zero-order valence-electron chi connectivity index (χ0n) is 20.2. The van der Waals surface area contributed by atoms with Crippen molar-refractivity contribution in [2.24, 2.45) is 0 Å². The first-order valence-corrected chi connectivity index (χ1v) is 12.0. The first kappa shape index (κ1) is 25.1. The van der Waals surface area contributed by atoms with Crippen LogP contribution in [0.3, 0.4) is 0 Å². The summed E-state index contributed by atoms with van der Waals surface area (Å²) in [5.74, 6) is -0.204. The molecule has 7 nitrogen and oxygen atoms in total. The minimum absolute atomic E-state index is 0.0807. The standard InChI is InChI=1S/C26H37NO6/c1-18(10-12-22(28)32-16-8-15-27-13-6-4-5-7-14-27)9-11-20-24(29)23-21(17-33-26(23)30)19(2)25(20)31-3/h9,29H,4-8,10-17H2,1-3H3/b18-9+. The molecule has 1 aromatic rings. The van der Waals surface area contributed by atoms with E-state index in [-0.39, 0.29) is 23.9 Å². The number of rotatable bonds is 10. The summed E-state index contributed by atoms with van der Waals surface area (Å²) in [7, 11) is 1.55. The van der Waals surface area contributed by atoms with Gasteiger partial charge in [0, 0.05) is 24.1 Å². The summed E-state index contributed by atoms with van der Waals surface area (Å²) in [6, 6.07) is 0. The zero-order valence-corrected chi connectivity index (χ0v) is 20.2. The highest BCUT2D eigenvalue weighted by atomic mass is 16.5. The Labute approximate surface area is 196 Å². The lowest BCUT2D eigenvalue weighted by atomic mass is 9.94. The van der Waals surface area contributed by atoms with Crippen LogP contribution in [0.2, 0.25) is 0 Å². The van der Waals surface area contributed by atoms with Crippen LogP contribution in [-0.4, -0.2) is 55.3 Å². The van der Waals surface area contributed by atoms with Crippen molar-refractivity contribution < 1.29 is 28.9 Å². The minimum atomic E-state index is -0.506. The average molecular weight is 460 g/mol. The number of hydrogen-bond donors (Lipinski definition) is 1. The fraction of sp³-hybridized carbons (Fsp3) is 0.615. The predicted molar refractivity (Wildman–Crippen MR) is 126 cm³/mol. The first-order chi connectivity index (χ1) is 15.9. The molecular formula is C26H37NO6. The van der Waals surface area contributed by atoms with E-state index in [2.05, 4.69) is 4.90 Å². The van der Waals surface area contributed by atoms with Crippen molar-refractivity contribution in [1.29, 1.82) is 0 Å². The number of carbonyl (C=O) groups excluding carboxylic acids is 2. The molecule has 0 bridgehead atoms. The summed E-state index contributed by atoms with van der Waals surface area (Å²) in [6.07, 6.45) is 9.31. The van der Waals surface area contributed by atoms with Gasteiger partial charge in [-0.2, -0.15) is 0 Å². The third kappa shape index (κ3) is 6.50. The van der Waals surface area contributed by atoms with Crippen LogP contribution in [0.5, 0.6) is 11.5 Å². The number of likely N-dealkylation sites (tertiary alicyclic amines) is 1. The van der Waals surface area contributed by atoms with Crippen LogP contribution in [0.25, 0.3) is 0 Å². The van der Waals surface area contributed by atoms with E-state index in [4.69, 9.17) is 14.2 Å². The third-order valence-electron chi connectivity index (χ3n) is 6.61. The van der Waals surface area contributed by atoms with Crippen molar-refractivity contribution in [3.05, 3.63) is 33.9 Å². The van der Waals surface area contributed by atoms with Gasteiger partial charge in [0.2, 0.25) is 0 Å². The Bertz CT molecular complexity index is 884. The van der Waals surface area contributed by atoms with Crippen molar-refractivity contribution in [2.45, 2.75) is 71.8 Å².